The van der Waals surface area contributed by atoms with E-state index in [4.69, 9.17) is 0 Å². The number of benzene rings is 2. The number of hydrogen-bond donors (Lipinski definition) is 0. The van der Waals surface area contributed by atoms with Gasteiger partial charge in [0.05, 0.1) is 5.56 Å². The van der Waals surface area contributed by atoms with Crippen LogP contribution in [0.3, 0.4) is 0 Å². The van der Waals surface area contributed by atoms with Gasteiger partial charge in [0.15, 0.2) is 6.29 Å². The van der Waals surface area contributed by atoms with Crippen LogP contribution in [0, 0.1) is 0 Å². The molecule has 0 aromatic heterocycles. The standard InChI is InChI=1S/C24H28N2O4/c1-19(28)26(23(29)20-12-6-5-7-13-20)17-11-4-3-10-16-25(2)24(30)22-15-9-8-14-21(22)18-27/h5-9,12-15,18H,3-4,10-11,16-17H2,1-2H3. The van der Waals surface area contributed by atoms with Crippen LogP contribution >= 0.6 is 0 Å². The van der Waals surface area contributed by atoms with E-state index in [2.05, 4.69) is 0 Å². The summed E-state index contributed by atoms with van der Waals surface area (Å²) in [6, 6.07) is 15.5. The Bertz CT molecular complexity index is 880. The molecule has 0 atom stereocenters. The Kier molecular flexibility index (Phi) is 8.94. The highest BCUT2D eigenvalue weighted by Crippen LogP contribution is 2.11. The summed E-state index contributed by atoms with van der Waals surface area (Å²) < 4.78 is 0. The molecule has 0 fully saturated rings. The van der Waals surface area contributed by atoms with Gasteiger partial charge in [0.2, 0.25) is 5.91 Å². The van der Waals surface area contributed by atoms with Gasteiger partial charge in [-0.25, -0.2) is 0 Å². The van der Waals surface area contributed by atoms with E-state index >= 15 is 0 Å². The molecule has 0 unspecified atom stereocenters. The van der Waals surface area contributed by atoms with Crippen LogP contribution in [0.2, 0.25) is 0 Å². The van der Waals surface area contributed by atoms with E-state index in [-0.39, 0.29) is 17.7 Å². The second-order valence-corrected chi connectivity index (χ2v) is 7.19. The van der Waals surface area contributed by atoms with E-state index in [9.17, 15) is 19.2 Å². The third-order valence-corrected chi connectivity index (χ3v) is 4.94. The summed E-state index contributed by atoms with van der Waals surface area (Å²) in [4.78, 5) is 50.9. The maximum Gasteiger partial charge on any atom is 0.260 e. The molecule has 6 nitrogen and oxygen atoms in total. The van der Waals surface area contributed by atoms with E-state index in [1.807, 2.05) is 6.07 Å². The number of rotatable bonds is 10. The molecule has 158 valence electrons. The normalized spacial score (nSPS) is 10.3. The number of unbranched alkanes of at least 4 members (excludes halogenated alkanes) is 3. The van der Waals surface area contributed by atoms with Crippen LogP contribution in [-0.2, 0) is 4.79 Å². The van der Waals surface area contributed by atoms with Gasteiger partial charge in [-0.2, -0.15) is 0 Å². The fraction of sp³-hybridized carbons (Fsp3) is 0.333. The molecule has 0 N–H and O–H groups in total. The molecule has 0 spiro atoms. The predicted molar refractivity (Wildman–Crippen MR) is 115 cm³/mol. The number of carbonyl (C=O) groups excluding carboxylic acids is 4. The maximum atomic E-state index is 12.5. The van der Waals surface area contributed by atoms with E-state index < -0.39 is 0 Å². The second-order valence-electron chi connectivity index (χ2n) is 7.19. The molecular formula is C24H28N2O4. The van der Waals surface area contributed by atoms with Crippen molar-refractivity contribution < 1.29 is 19.2 Å². The molecule has 0 bridgehead atoms. The first-order chi connectivity index (χ1) is 14.5. The van der Waals surface area contributed by atoms with Gasteiger partial charge in [-0.05, 0) is 31.0 Å². The number of aldehydes is 1. The number of nitrogens with zero attached hydrogens (tertiary/aromatic N) is 2. The van der Waals surface area contributed by atoms with Gasteiger partial charge in [0.25, 0.3) is 11.8 Å². The largest absolute Gasteiger partial charge is 0.342 e. The van der Waals surface area contributed by atoms with Gasteiger partial charge in [-0.1, -0.05) is 49.2 Å². The first-order valence-corrected chi connectivity index (χ1v) is 10.1. The number of hydrogen-bond acceptors (Lipinski definition) is 4. The minimum atomic E-state index is -0.276. The highest BCUT2D eigenvalue weighted by molar-refractivity contribution is 6.04. The second kappa shape index (κ2) is 11.7. The Morgan fingerprint density at radius 2 is 1.40 bits per heavy atom. The monoisotopic (exact) mass is 408 g/mol. The molecule has 0 saturated heterocycles. The minimum absolute atomic E-state index is 0.172. The summed E-state index contributed by atoms with van der Waals surface area (Å²) in [6.07, 6.45) is 3.93. The molecular weight excluding hydrogens is 380 g/mol. The zero-order chi connectivity index (χ0) is 21.9. The Balaban J connectivity index is 1.75. The molecule has 6 heteroatoms. The van der Waals surface area contributed by atoms with Gasteiger partial charge in [0, 0.05) is 38.2 Å². The zero-order valence-corrected chi connectivity index (χ0v) is 17.5. The van der Waals surface area contributed by atoms with Crippen LogP contribution in [0.4, 0.5) is 0 Å². The number of carbonyl (C=O) groups is 4. The Hall–Kier alpha value is -3.28. The van der Waals surface area contributed by atoms with Gasteiger partial charge >= 0.3 is 0 Å². The van der Waals surface area contributed by atoms with Gasteiger partial charge in [-0.15, -0.1) is 0 Å². The van der Waals surface area contributed by atoms with Crippen molar-refractivity contribution >= 4 is 24.0 Å². The lowest BCUT2D eigenvalue weighted by Crippen LogP contribution is -2.36. The summed E-state index contributed by atoms with van der Waals surface area (Å²) in [6.45, 7) is 2.36. The van der Waals surface area contributed by atoms with Crippen molar-refractivity contribution in [3.8, 4) is 0 Å². The molecule has 2 rings (SSSR count). The molecule has 3 amide bonds. The lowest BCUT2D eigenvalue weighted by Gasteiger charge is -2.20. The molecule has 0 radical (unpaired) electrons. The molecule has 2 aromatic rings. The van der Waals surface area contributed by atoms with Crippen LogP contribution in [0.15, 0.2) is 54.6 Å². The fourth-order valence-electron chi connectivity index (χ4n) is 3.21. The maximum absolute atomic E-state index is 12.5. The first-order valence-electron chi connectivity index (χ1n) is 10.1. The fourth-order valence-corrected chi connectivity index (χ4v) is 3.21. The van der Waals surface area contributed by atoms with Crippen molar-refractivity contribution in [2.75, 3.05) is 20.1 Å². The van der Waals surface area contributed by atoms with Crippen molar-refractivity contribution in [1.29, 1.82) is 0 Å². The van der Waals surface area contributed by atoms with E-state index in [0.717, 1.165) is 19.3 Å². The highest BCUT2D eigenvalue weighted by Gasteiger charge is 2.19. The first kappa shape index (κ1) is 23.0. The van der Waals surface area contributed by atoms with E-state index in [1.165, 1.54) is 11.8 Å². The van der Waals surface area contributed by atoms with Crippen molar-refractivity contribution in [2.45, 2.75) is 32.6 Å². The molecule has 0 saturated carbocycles. The summed E-state index contributed by atoms with van der Waals surface area (Å²) in [5, 5.41) is 0. The predicted octanol–water partition coefficient (Wildman–Crippen LogP) is 3.82. The van der Waals surface area contributed by atoms with Crippen molar-refractivity contribution in [1.82, 2.24) is 9.80 Å². The molecule has 2 aromatic carbocycles. The number of imide groups is 1. The summed E-state index contributed by atoms with van der Waals surface area (Å²) in [5.41, 5.74) is 1.30. The average Bonchev–Trinajstić information content (AvgIpc) is 2.77. The highest BCUT2D eigenvalue weighted by atomic mass is 16.2. The van der Waals surface area contributed by atoms with Gasteiger partial charge in [-0.3, -0.25) is 24.1 Å². The van der Waals surface area contributed by atoms with Gasteiger partial charge in [0.1, 0.15) is 0 Å². The molecule has 30 heavy (non-hydrogen) atoms. The lowest BCUT2D eigenvalue weighted by atomic mass is 10.1. The van der Waals surface area contributed by atoms with Crippen molar-refractivity contribution in [3.63, 3.8) is 0 Å². The van der Waals surface area contributed by atoms with Crippen LogP contribution in [0.1, 0.15) is 63.7 Å². The van der Waals surface area contributed by atoms with Crippen LogP contribution in [-0.4, -0.2) is 53.9 Å². The van der Waals surface area contributed by atoms with E-state index in [0.29, 0.717) is 42.5 Å². The SMILES string of the molecule is CC(=O)N(CCCCCCN(C)C(=O)c1ccccc1C=O)C(=O)c1ccccc1. The third kappa shape index (κ3) is 6.37. The molecule has 0 aliphatic carbocycles. The molecule has 0 aliphatic heterocycles. The quantitative estimate of drug-likeness (QED) is 0.442. The van der Waals surface area contributed by atoms with Gasteiger partial charge < -0.3 is 4.90 Å². The molecule has 0 heterocycles. The third-order valence-electron chi connectivity index (χ3n) is 4.94. The topological polar surface area (TPSA) is 74.8 Å². The summed E-state index contributed by atoms with van der Waals surface area (Å²) in [7, 11) is 1.72. The summed E-state index contributed by atoms with van der Waals surface area (Å²) >= 11 is 0. The Morgan fingerprint density at radius 3 is 2.03 bits per heavy atom. The summed E-state index contributed by atoms with van der Waals surface area (Å²) in [5.74, 6) is -0.709. The lowest BCUT2D eigenvalue weighted by molar-refractivity contribution is -0.126. The minimum Gasteiger partial charge on any atom is -0.342 e. The average molecular weight is 408 g/mol. The Labute approximate surface area is 177 Å². The van der Waals surface area contributed by atoms with Crippen LogP contribution in [0.5, 0.6) is 0 Å². The van der Waals surface area contributed by atoms with Crippen molar-refractivity contribution in [3.05, 3.63) is 71.3 Å². The van der Waals surface area contributed by atoms with Crippen LogP contribution in [0.25, 0.3) is 0 Å². The van der Waals surface area contributed by atoms with Crippen molar-refractivity contribution in [2.24, 2.45) is 0 Å². The number of amides is 3. The molecule has 0 aliphatic rings. The Morgan fingerprint density at radius 1 is 0.800 bits per heavy atom. The smallest absolute Gasteiger partial charge is 0.260 e. The van der Waals surface area contributed by atoms with Crippen LogP contribution < -0.4 is 0 Å². The zero-order valence-electron chi connectivity index (χ0n) is 17.5. The van der Waals surface area contributed by atoms with E-state index in [1.54, 1.807) is 60.5 Å².